The Morgan fingerprint density at radius 3 is 2.70 bits per heavy atom. The van der Waals surface area contributed by atoms with Gasteiger partial charge in [0.25, 0.3) is 5.91 Å². The smallest absolute Gasteiger partial charge is 0.381 e. The van der Waals surface area contributed by atoms with E-state index in [9.17, 15) is 22.4 Å². The van der Waals surface area contributed by atoms with Gasteiger partial charge in [-0.05, 0) is 25.8 Å². The highest BCUT2D eigenvalue weighted by Gasteiger charge is 2.34. The van der Waals surface area contributed by atoms with Gasteiger partial charge in [-0.25, -0.2) is 14.1 Å². The molecule has 1 aliphatic heterocycles. The summed E-state index contributed by atoms with van der Waals surface area (Å²) in [5, 5.41) is 10.9. The van der Waals surface area contributed by atoms with E-state index in [2.05, 4.69) is 20.7 Å². The van der Waals surface area contributed by atoms with Crippen molar-refractivity contribution in [3.8, 4) is 0 Å². The Morgan fingerprint density at radius 1 is 1.24 bits per heavy atom. The third-order valence-electron chi connectivity index (χ3n) is 5.60. The number of benzene rings is 1. The molecular formula is C22H23F4N5O2. The average Bonchev–Trinajstić information content (AvgIpc) is 3.22. The number of hydrogen-bond acceptors (Lipinski definition) is 5. The number of ether oxygens (including phenoxy) is 1. The number of rotatable bonds is 6. The third kappa shape index (κ3) is 4.77. The summed E-state index contributed by atoms with van der Waals surface area (Å²) in [5.41, 5.74) is -0.283. The number of pyridine rings is 1. The minimum Gasteiger partial charge on any atom is -0.381 e. The van der Waals surface area contributed by atoms with Gasteiger partial charge >= 0.3 is 6.18 Å². The second kappa shape index (κ2) is 9.34. The Balaban J connectivity index is 1.62. The standard InChI is InChI=1S/C22H23F4N5O2/c1-2-31-20-15(12-29-31)19(30-14-6-8-33-9-7-14)16(11-27-20)21(32)28-10-13-4-3-5-17(18(13)23)22(24,25)26/h3-5,11-12,14H,2,6-10H2,1H3,(H,27,30)(H,28,32). The van der Waals surface area contributed by atoms with Crippen molar-refractivity contribution in [1.29, 1.82) is 0 Å². The molecule has 2 aromatic heterocycles. The van der Waals surface area contributed by atoms with E-state index in [0.717, 1.165) is 18.9 Å². The molecule has 0 spiro atoms. The Kier molecular flexibility index (Phi) is 6.50. The lowest BCUT2D eigenvalue weighted by Gasteiger charge is -2.25. The minimum absolute atomic E-state index is 0.0711. The van der Waals surface area contributed by atoms with Gasteiger partial charge < -0.3 is 15.4 Å². The van der Waals surface area contributed by atoms with Crippen LogP contribution in [-0.2, 0) is 24.0 Å². The van der Waals surface area contributed by atoms with Gasteiger partial charge in [0, 0.05) is 44.1 Å². The number of nitrogens with zero attached hydrogens (tertiary/aromatic N) is 3. The number of alkyl halides is 3. The van der Waals surface area contributed by atoms with Gasteiger partial charge in [0.05, 0.1) is 28.4 Å². The van der Waals surface area contributed by atoms with Crippen LogP contribution in [0.25, 0.3) is 11.0 Å². The van der Waals surface area contributed by atoms with E-state index in [0.29, 0.717) is 42.5 Å². The second-order valence-electron chi connectivity index (χ2n) is 7.73. The van der Waals surface area contributed by atoms with E-state index in [-0.39, 0.29) is 17.2 Å². The molecule has 4 rings (SSSR count). The summed E-state index contributed by atoms with van der Waals surface area (Å²) in [6.45, 7) is 3.29. The summed E-state index contributed by atoms with van der Waals surface area (Å²) in [4.78, 5) is 17.4. The van der Waals surface area contributed by atoms with Gasteiger partial charge in [-0.15, -0.1) is 0 Å². The normalized spacial score (nSPS) is 15.1. The molecule has 0 radical (unpaired) electrons. The van der Waals surface area contributed by atoms with Crippen molar-refractivity contribution in [2.75, 3.05) is 18.5 Å². The topological polar surface area (TPSA) is 81.1 Å². The van der Waals surface area contributed by atoms with Gasteiger partial charge in [-0.1, -0.05) is 12.1 Å². The average molecular weight is 465 g/mol. The van der Waals surface area contributed by atoms with E-state index in [1.54, 1.807) is 10.9 Å². The van der Waals surface area contributed by atoms with E-state index >= 15 is 0 Å². The lowest BCUT2D eigenvalue weighted by Crippen LogP contribution is -2.30. The first-order chi connectivity index (χ1) is 15.8. The van der Waals surface area contributed by atoms with Crippen LogP contribution in [0.3, 0.4) is 0 Å². The number of anilines is 1. The molecule has 1 aromatic carbocycles. The first-order valence-electron chi connectivity index (χ1n) is 10.6. The fourth-order valence-corrected chi connectivity index (χ4v) is 3.84. The molecule has 0 atom stereocenters. The number of hydrogen-bond donors (Lipinski definition) is 2. The van der Waals surface area contributed by atoms with Crippen LogP contribution >= 0.6 is 0 Å². The number of nitrogens with one attached hydrogen (secondary N) is 2. The molecule has 0 aliphatic carbocycles. The van der Waals surface area contributed by atoms with Crippen LogP contribution < -0.4 is 10.6 Å². The zero-order valence-electron chi connectivity index (χ0n) is 17.9. The zero-order valence-corrected chi connectivity index (χ0v) is 17.9. The number of aryl methyl sites for hydroxylation is 1. The maximum Gasteiger partial charge on any atom is 0.419 e. The molecule has 176 valence electrons. The summed E-state index contributed by atoms with van der Waals surface area (Å²) in [5.74, 6) is -1.98. The monoisotopic (exact) mass is 465 g/mol. The summed E-state index contributed by atoms with van der Waals surface area (Å²) < 4.78 is 60.4. The molecule has 1 aliphatic rings. The number of fused-ring (bicyclic) bond motifs is 1. The van der Waals surface area contributed by atoms with Crippen LogP contribution in [0.1, 0.15) is 41.3 Å². The number of aromatic nitrogens is 3. The van der Waals surface area contributed by atoms with Crippen molar-refractivity contribution in [2.45, 2.75) is 45.1 Å². The van der Waals surface area contributed by atoms with Crippen LogP contribution in [0.4, 0.5) is 23.2 Å². The molecule has 1 saturated heterocycles. The largest absolute Gasteiger partial charge is 0.419 e. The van der Waals surface area contributed by atoms with Crippen molar-refractivity contribution in [1.82, 2.24) is 20.1 Å². The minimum atomic E-state index is -4.82. The molecule has 0 saturated carbocycles. The first kappa shape index (κ1) is 23.0. The van der Waals surface area contributed by atoms with Crippen molar-refractivity contribution in [3.05, 3.63) is 53.1 Å². The highest BCUT2D eigenvalue weighted by Crippen LogP contribution is 2.32. The van der Waals surface area contributed by atoms with E-state index < -0.39 is 30.0 Å². The zero-order chi connectivity index (χ0) is 23.6. The summed E-state index contributed by atoms with van der Waals surface area (Å²) in [6.07, 6.45) is -0.295. The number of carbonyl (C=O) groups excluding carboxylic acids is 1. The van der Waals surface area contributed by atoms with E-state index in [1.807, 2.05) is 6.92 Å². The summed E-state index contributed by atoms with van der Waals surface area (Å²) in [7, 11) is 0. The molecular weight excluding hydrogens is 442 g/mol. The molecule has 7 nitrogen and oxygen atoms in total. The van der Waals surface area contributed by atoms with Gasteiger partial charge in [0.15, 0.2) is 5.65 Å². The molecule has 1 amide bonds. The first-order valence-corrected chi connectivity index (χ1v) is 10.6. The summed E-state index contributed by atoms with van der Waals surface area (Å²) in [6, 6.07) is 3.05. The molecule has 3 heterocycles. The molecule has 3 aromatic rings. The lowest BCUT2D eigenvalue weighted by molar-refractivity contribution is -0.140. The number of carbonyl (C=O) groups is 1. The van der Waals surface area contributed by atoms with Crippen LogP contribution in [0.5, 0.6) is 0 Å². The predicted octanol–water partition coefficient (Wildman–Crippen LogP) is 4.13. The molecule has 11 heteroatoms. The van der Waals surface area contributed by atoms with Crippen LogP contribution in [0, 0.1) is 5.82 Å². The molecule has 33 heavy (non-hydrogen) atoms. The van der Waals surface area contributed by atoms with Crippen LogP contribution in [0.2, 0.25) is 0 Å². The van der Waals surface area contributed by atoms with Gasteiger partial charge in [0.2, 0.25) is 0 Å². The summed E-state index contributed by atoms with van der Waals surface area (Å²) >= 11 is 0. The molecule has 0 bridgehead atoms. The maximum atomic E-state index is 14.3. The van der Waals surface area contributed by atoms with Crippen LogP contribution in [-0.4, -0.2) is 39.9 Å². The van der Waals surface area contributed by atoms with Gasteiger partial charge in [-0.3, -0.25) is 4.79 Å². The van der Waals surface area contributed by atoms with Crippen molar-refractivity contribution in [2.24, 2.45) is 0 Å². The van der Waals surface area contributed by atoms with Crippen molar-refractivity contribution >= 4 is 22.6 Å². The van der Waals surface area contributed by atoms with Crippen LogP contribution in [0.15, 0.2) is 30.6 Å². The molecule has 1 fully saturated rings. The van der Waals surface area contributed by atoms with E-state index in [1.165, 1.54) is 12.3 Å². The quantitative estimate of drug-likeness (QED) is 0.535. The molecule has 2 N–H and O–H groups in total. The Morgan fingerprint density at radius 2 is 2.00 bits per heavy atom. The third-order valence-corrected chi connectivity index (χ3v) is 5.60. The Hall–Kier alpha value is -3.21. The SMILES string of the molecule is CCn1ncc2c(NC3CCOCC3)c(C(=O)NCc3cccc(C(F)(F)F)c3F)cnc21. The maximum absolute atomic E-state index is 14.3. The second-order valence-corrected chi connectivity index (χ2v) is 7.73. The van der Waals surface area contributed by atoms with Gasteiger partial charge in [-0.2, -0.15) is 18.3 Å². The number of halogens is 4. The fourth-order valence-electron chi connectivity index (χ4n) is 3.84. The highest BCUT2D eigenvalue weighted by molar-refractivity contribution is 6.06. The van der Waals surface area contributed by atoms with Crippen molar-refractivity contribution in [3.63, 3.8) is 0 Å². The fraction of sp³-hybridized carbons (Fsp3) is 0.409. The Labute approximate surface area is 187 Å². The van der Waals surface area contributed by atoms with E-state index in [4.69, 9.17) is 4.74 Å². The van der Waals surface area contributed by atoms with Crippen molar-refractivity contribution < 1.29 is 27.1 Å². The lowest BCUT2D eigenvalue weighted by atomic mass is 10.1. The molecule has 0 unspecified atom stereocenters. The Bertz CT molecular complexity index is 1160. The number of amides is 1. The highest BCUT2D eigenvalue weighted by atomic mass is 19.4. The predicted molar refractivity (Wildman–Crippen MR) is 113 cm³/mol. The van der Waals surface area contributed by atoms with Gasteiger partial charge in [0.1, 0.15) is 5.82 Å².